The lowest BCUT2D eigenvalue weighted by Gasteiger charge is -2.23. The van der Waals surface area contributed by atoms with Crippen LogP contribution in [0.15, 0.2) is 11.1 Å². The Labute approximate surface area is 118 Å². The molecule has 1 fully saturated rings. The fourth-order valence-corrected chi connectivity index (χ4v) is 2.39. The average molecular weight is 291 g/mol. The summed E-state index contributed by atoms with van der Waals surface area (Å²) in [6.07, 6.45) is 5.07. The number of rotatable bonds is 2. The molecule has 2 aromatic rings. The van der Waals surface area contributed by atoms with E-state index in [9.17, 15) is 15.0 Å². The highest BCUT2D eigenvalue weighted by Crippen LogP contribution is 2.37. The molecule has 110 valence electrons. The highest BCUT2D eigenvalue weighted by Gasteiger charge is 2.47. The fourth-order valence-electron chi connectivity index (χ4n) is 2.39. The lowest BCUT2D eigenvalue weighted by atomic mass is 9.99. The zero-order valence-electron chi connectivity index (χ0n) is 10.9. The third-order valence-corrected chi connectivity index (χ3v) is 3.55. The third kappa shape index (κ3) is 1.89. The molecule has 1 unspecified atom stereocenters. The van der Waals surface area contributed by atoms with Gasteiger partial charge in [-0.05, 0) is 0 Å². The standard InChI is InChI=1S/C12H13N5O4/c1-2-12(4-18)6(19)3-7(21-12)17-5-14-8-9(17)15-11(13)16-10(8)20/h1,5-7,18-19H,3-4H2,(H3,13,15,16,20)/t6?,7-,12-/m1/s1. The minimum absolute atomic E-state index is 0.0573. The molecule has 1 saturated heterocycles. The second-order valence-corrected chi connectivity index (χ2v) is 4.79. The van der Waals surface area contributed by atoms with Crippen LogP contribution >= 0.6 is 0 Å². The van der Waals surface area contributed by atoms with Gasteiger partial charge >= 0.3 is 0 Å². The predicted octanol–water partition coefficient (Wildman–Crippen LogP) is -1.65. The number of ether oxygens (including phenoxy) is 1. The monoisotopic (exact) mass is 291 g/mol. The van der Waals surface area contributed by atoms with Gasteiger partial charge in [0.25, 0.3) is 5.56 Å². The Bertz CT molecular complexity index is 791. The number of nitrogens with one attached hydrogen (secondary N) is 1. The van der Waals surface area contributed by atoms with Crippen LogP contribution in [0.4, 0.5) is 5.95 Å². The SMILES string of the molecule is C#C[C@]1(CO)O[C@@H](n2cnc3c(=O)[nH]c(N)nc32)CC1O. The van der Waals surface area contributed by atoms with Crippen LogP contribution in [-0.2, 0) is 4.74 Å². The summed E-state index contributed by atoms with van der Waals surface area (Å²) in [5.41, 5.74) is 3.89. The minimum atomic E-state index is -1.48. The van der Waals surface area contributed by atoms with E-state index in [1.54, 1.807) is 0 Å². The number of nitrogens with zero attached hydrogens (tertiary/aromatic N) is 3. The van der Waals surface area contributed by atoms with Gasteiger partial charge < -0.3 is 20.7 Å². The van der Waals surface area contributed by atoms with Gasteiger partial charge in [-0.25, -0.2) is 4.98 Å². The molecule has 0 saturated carbocycles. The Morgan fingerprint density at radius 1 is 1.71 bits per heavy atom. The highest BCUT2D eigenvalue weighted by molar-refractivity contribution is 5.70. The Morgan fingerprint density at radius 2 is 2.48 bits per heavy atom. The highest BCUT2D eigenvalue weighted by atomic mass is 16.6. The number of aromatic nitrogens is 4. The predicted molar refractivity (Wildman–Crippen MR) is 72.0 cm³/mol. The van der Waals surface area contributed by atoms with Gasteiger partial charge in [0.2, 0.25) is 5.95 Å². The quantitative estimate of drug-likeness (QED) is 0.486. The van der Waals surface area contributed by atoms with Gasteiger partial charge in [-0.1, -0.05) is 5.92 Å². The van der Waals surface area contributed by atoms with E-state index in [0.29, 0.717) is 0 Å². The first-order chi connectivity index (χ1) is 10.0. The summed E-state index contributed by atoms with van der Waals surface area (Å²) in [7, 11) is 0. The summed E-state index contributed by atoms with van der Waals surface area (Å²) in [5, 5.41) is 19.4. The van der Waals surface area contributed by atoms with Crippen molar-refractivity contribution in [2.45, 2.75) is 24.4 Å². The van der Waals surface area contributed by atoms with Crippen LogP contribution in [-0.4, -0.2) is 48.0 Å². The van der Waals surface area contributed by atoms with Crippen molar-refractivity contribution in [1.82, 2.24) is 19.5 Å². The van der Waals surface area contributed by atoms with Crippen LogP contribution in [0.2, 0.25) is 0 Å². The second kappa shape index (κ2) is 4.56. The normalized spacial score (nSPS) is 28.8. The number of hydrogen-bond donors (Lipinski definition) is 4. The van der Waals surface area contributed by atoms with Crippen LogP contribution in [0, 0.1) is 12.3 Å². The van der Waals surface area contributed by atoms with Crippen LogP contribution in [0.5, 0.6) is 0 Å². The van der Waals surface area contributed by atoms with E-state index in [0.717, 1.165) is 0 Å². The van der Waals surface area contributed by atoms with Crippen molar-refractivity contribution < 1.29 is 14.9 Å². The van der Waals surface area contributed by atoms with Crippen LogP contribution in [0.1, 0.15) is 12.6 Å². The molecule has 2 aromatic heterocycles. The molecule has 21 heavy (non-hydrogen) atoms. The molecular weight excluding hydrogens is 278 g/mol. The zero-order chi connectivity index (χ0) is 15.2. The molecule has 9 nitrogen and oxygen atoms in total. The van der Waals surface area contributed by atoms with Crippen LogP contribution < -0.4 is 11.3 Å². The molecular formula is C12H13N5O4. The van der Waals surface area contributed by atoms with E-state index in [1.165, 1.54) is 10.9 Å². The molecule has 3 heterocycles. The first kappa shape index (κ1) is 13.6. The van der Waals surface area contributed by atoms with Crippen molar-refractivity contribution >= 4 is 17.1 Å². The number of H-pyrrole nitrogens is 1. The molecule has 1 aliphatic heterocycles. The lowest BCUT2D eigenvalue weighted by Crippen LogP contribution is -2.41. The molecule has 0 bridgehead atoms. The summed E-state index contributed by atoms with van der Waals surface area (Å²) < 4.78 is 7.04. The summed E-state index contributed by atoms with van der Waals surface area (Å²) in [6, 6.07) is 0. The number of aromatic amines is 1. The minimum Gasteiger partial charge on any atom is -0.392 e. The molecule has 0 amide bonds. The number of nitrogen functional groups attached to an aromatic ring is 1. The molecule has 0 aliphatic carbocycles. The first-order valence-electron chi connectivity index (χ1n) is 6.17. The lowest BCUT2D eigenvalue weighted by molar-refractivity contribution is -0.0891. The third-order valence-electron chi connectivity index (χ3n) is 3.55. The van der Waals surface area contributed by atoms with E-state index < -0.39 is 30.1 Å². The summed E-state index contributed by atoms with van der Waals surface area (Å²) in [5.74, 6) is 2.21. The van der Waals surface area contributed by atoms with Crippen molar-refractivity contribution in [3.63, 3.8) is 0 Å². The number of terminal acetylenes is 1. The fraction of sp³-hybridized carbons (Fsp3) is 0.417. The van der Waals surface area contributed by atoms with Gasteiger partial charge in [-0.3, -0.25) is 14.3 Å². The number of aliphatic hydroxyl groups is 2. The van der Waals surface area contributed by atoms with E-state index in [-0.39, 0.29) is 23.5 Å². The van der Waals surface area contributed by atoms with E-state index in [2.05, 4.69) is 20.9 Å². The summed E-state index contributed by atoms with van der Waals surface area (Å²) in [4.78, 5) is 22.0. The van der Waals surface area contributed by atoms with E-state index in [1.807, 2.05) is 0 Å². The molecule has 1 aliphatic rings. The Hall–Kier alpha value is -2.41. The topological polar surface area (TPSA) is 139 Å². The van der Waals surface area contributed by atoms with Crippen LogP contribution in [0.25, 0.3) is 11.2 Å². The Kier molecular flexibility index (Phi) is 2.94. The number of imidazole rings is 1. The molecule has 9 heteroatoms. The molecule has 3 atom stereocenters. The van der Waals surface area contributed by atoms with Crippen LogP contribution in [0.3, 0.4) is 0 Å². The molecule has 0 aromatic carbocycles. The Balaban J connectivity index is 2.07. The number of fused-ring (bicyclic) bond motifs is 1. The van der Waals surface area contributed by atoms with Gasteiger partial charge in [0.15, 0.2) is 16.8 Å². The van der Waals surface area contributed by atoms with Gasteiger partial charge in [0.05, 0.1) is 12.9 Å². The van der Waals surface area contributed by atoms with Gasteiger partial charge in [-0.15, -0.1) is 6.42 Å². The van der Waals surface area contributed by atoms with Crippen molar-refractivity contribution in [2.24, 2.45) is 0 Å². The Morgan fingerprint density at radius 3 is 3.10 bits per heavy atom. The summed E-state index contributed by atoms with van der Waals surface area (Å²) in [6.45, 7) is -0.524. The first-order valence-corrected chi connectivity index (χ1v) is 6.17. The second-order valence-electron chi connectivity index (χ2n) is 4.79. The maximum absolute atomic E-state index is 11.7. The van der Waals surface area contributed by atoms with E-state index in [4.69, 9.17) is 16.9 Å². The number of nitrogens with two attached hydrogens (primary N) is 1. The van der Waals surface area contributed by atoms with Crippen molar-refractivity contribution in [1.29, 1.82) is 0 Å². The smallest absolute Gasteiger partial charge is 0.280 e. The molecule has 0 radical (unpaired) electrons. The maximum atomic E-state index is 11.7. The van der Waals surface area contributed by atoms with E-state index >= 15 is 0 Å². The molecule has 0 spiro atoms. The maximum Gasteiger partial charge on any atom is 0.280 e. The average Bonchev–Trinajstić information content (AvgIpc) is 3.00. The number of aliphatic hydroxyl groups excluding tert-OH is 2. The largest absolute Gasteiger partial charge is 0.392 e. The van der Waals surface area contributed by atoms with Crippen molar-refractivity contribution in [3.05, 3.63) is 16.7 Å². The van der Waals surface area contributed by atoms with Crippen molar-refractivity contribution in [3.8, 4) is 12.3 Å². The van der Waals surface area contributed by atoms with Gasteiger partial charge in [0.1, 0.15) is 12.3 Å². The van der Waals surface area contributed by atoms with Crippen molar-refractivity contribution in [2.75, 3.05) is 12.3 Å². The number of anilines is 1. The van der Waals surface area contributed by atoms with Gasteiger partial charge in [0, 0.05) is 6.42 Å². The zero-order valence-corrected chi connectivity index (χ0v) is 10.9. The molecule has 3 rings (SSSR count). The number of hydrogen-bond acceptors (Lipinski definition) is 7. The summed E-state index contributed by atoms with van der Waals surface area (Å²) >= 11 is 0. The van der Waals surface area contributed by atoms with Gasteiger partial charge in [-0.2, -0.15) is 4.98 Å². The molecule has 5 N–H and O–H groups in total.